The molecular weight excluding hydrogens is 247 g/mol. The number of hydrogen-bond donors (Lipinski definition) is 4. The van der Waals surface area contributed by atoms with E-state index in [0.717, 1.165) is 6.92 Å². The van der Waals surface area contributed by atoms with Gasteiger partial charge < -0.3 is 0 Å². The zero-order valence-corrected chi connectivity index (χ0v) is 11.8. The first-order valence-corrected chi connectivity index (χ1v) is 7.90. The minimum absolute atomic E-state index is 0.758. The van der Waals surface area contributed by atoms with Crippen molar-refractivity contribution in [3.63, 3.8) is 0 Å². The van der Waals surface area contributed by atoms with Crippen LogP contribution in [0.5, 0.6) is 0 Å². The van der Waals surface area contributed by atoms with Gasteiger partial charge in [-0.3, -0.25) is 0 Å². The summed E-state index contributed by atoms with van der Waals surface area (Å²) in [6.07, 6.45) is 0. The van der Waals surface area contributed by atoms with Crippen LogP contribution in [-0.4, -0.2) is 49.8 Å². The molecule has 0 aliphatic carbocycles. The number of rotatable bonds is 5. The summed E-state index contributed by atoms with van der Waals surface area (Å²) in [4.78, 5) is 11.2. The van der Waals surface area contributed by atoms with E-state index in [0.29, 0.717) is 0 Å². The van der Waals surface area contributed by atoms with Gasteiger partial charge in [-0.25, -0.2) is 0 Å². The van der Waals surface area contributed by atoms with Crippen molar-refractivity contribution < 1.29 is 29.7 Å². The summed E-state index contributed by atoms with van der Waals surface area (Å²) >= 11 is 0. The topological polar surface area (TPSA) is 107 Å². The summed E-state index contributed by atoms with van der Waals surface area (Å²) in [7, 11) is 0. The number of hydrogen-bond acceptors (Lipinski definition) is 6. The number of carbonyl (C=O) groups excluding carboxylic acids is 1. The van der Waals surface area contributed by atoms with E-state index in [1.807, 2.05) is 0 Å². The Kier molecular flexibility index (Phi) is 5.08. The Morgan fingerprint density at radius 1 is 0.882 bits per heavy atom. The SMILES string of the molecule is CC(=O)OP(C(C)O)(C(C)O)(C(C)O)C(C)O. The maximum atomic E-state index is 11.2. The molecule has 0 rings (SSSR count). The van der Waals surface area contributed by atoms with Crippen LogP contribution in [-0.2, 0) is 9.32 Å². The van der Waals surface area contributed by atoms with Crippen LogP contribution >= 0.6 is 6.83 Å². The molecule has 0 bridgehead atoms. The van der Waals surface area contributed by atoms with Crippen molar-refractivity contribution >= 4 is 12.8 Å². The van der Waals surface area contributed by atoms with Crippen LogP contribution in [0.15, 0.2) is 0 Å². The molecule has 0 aromatic rings. The van der Waals surface area contributed by atoms with Gasteiger partial charge in [0.2, 0.25) is 0 Å². The molecule has 7 heteroatoms. The summed E-state index contributed by atoms with van der Waals surface area (Å²) in [5.74, 6) is -6.13. The van der Waals surface area contributed by atoms with Gasteiger partial charge >= 0.3 is 101 Å². The fourth-order valence-electron chi connectivity index (χ4n) is 2.48. The normalized spacial score (nSPS) is 21.8. The molecule has 0 aromatic heterocycles. The molecule has 4 atom stereocenters. The zero-order chi connectivity index (χ0) is 14.0. The van der Waals surface area contributed by atoms with Gasteiger partial charge in [0, 0.05) is 0 Å². The van der Waals surface area contributed by atoms with E-state index in [-0.39, 0.29) is 0 Å². The molecule has 0 aromatic carbocycles. The van der Waals surface area contributed by atoms with Crippen LogP contribution in [0, 0.1) is 0 Å². The molecular formula is C10H23O6P. The molecule has 0 radical (unpaired) electrons. The van der Waals surface area contributed by atoms with Crippen molar-refractivity contribution in [2.24, 2.45) is 0 Å². The van der Waals surface area contributed by atoms with Crippen molar-refractivity contribution in [3.05, 3.63) is 0 Å². The van der Waals surface area contributed by atoms with Crippen LogP contribution in [0.4, 0.5) is 0 Å². The molecule has 0 aliphatic heterocycles. The first kappa shape index (κ1) is 16.7. The van der Waals surface area contributed by atoms with Gasteiger partial charge in [0.05, 0.1) is 0 Å². The Bertz CT molecular complexity index is 243. The summed E-state index contributed by atoms with van der Waals surface area (Å²) in [5, 5.41) is 39.9. The van der Waals surface area contributed by atoms with Gasteiger partial charge in [-0.15, -0.1) is 0 Å². The summed E-state index contributed by atoms with van der Waals surface area (Å²) in [6, 6.07) is 0. The summed E-state index contributed by atoms with van der Waals surface area (Å²) < 4.78 is 5.16. The number of aliphatic hydroxyl groups excluding tert-OH is 4. The van der Waals surface area contributed by atoms with Crippen molar-refractivity contribution in [1.82, 2.24) is 0 Å². The Hall–Kier alpha value is -0.260. The third-order valence-electron chi connectivity index (χ3n) is 3.54. The molecule has 17 heavy (non-hydrogen) atoms. The Morgan fingerprint density at radius 3 is 1.18 bits per heavy atom. The predicted molar refractivity (Wildman–Crippen MR) is 65.4 cm³/mol. The van der Waals surface area contributed by atoms with Crippen molar-refractivity contribution in [2.45, 2.75) is 58.0 Å². The van der Waals surface area contributed by atoms with Gasteiger partial charge in [0.15, 0.2) is 0 Å². The van der Waals surface area contributed by atoms with Crippen LogP contribution < -0.4 is 0 Å². The van der Waals surface area contributed by atoms with Gasteiger partial charge in [0.25, 0.3) is 0 Å². The second kappa shape index (κ2) is 5.16. The quantitative estimate of drug-likeness (QED) is 0.538. The average molecular weight is 270 g/mol. The second-order valence-electron chi connectivity index (χ2n) is 4.43. The van der Waals surface area contributed by atoms with Gasteiger partial charge in [0.1, 0.15) is 0 Å². The average Bonchev–Trinajstić information content (AvgIpc) is 2.11. The molecule has 0 amide bonds. The fourth-order valence-corrected chi connectivity index (χ4v) is 7.43. The molecule has 0 spiro atoms. The minimum atomic E-state index is -4.34. The van der Waals surface area contributed by atoms with E-state index in [1.54, 1.807) is 0 Å². The van der Waals surface area contributed by atoms with E-state index in [4.69, 9.17) is 4.52 Å². The molecule has 0 saturated carbocycles. The number of carbonyl (C=O) groups is 1. The molecule has 104 valence electrons. The first-order chi connectivity index (χ1) is 7.53. The van der Waals surface area contributed by atoms with Crippen molar-refractivity contribution in [3.8, 4) is 0 Å². The second-order valence-corrected chi connectivity index (χ2v) is 10.2. The Morgan fingerprint density at radius 2 is 1.12 bits per heavy atom. The Labute approximate surface area is 101 Å². The molecule has 6 nitrogen and oxygen atoms in total. The molecule has 0 saturated heterocycles. The fraction of sp³-hybridized carbons (Fsp3) is 0.900. The summed E-state index contributed by atoms with van der Waals surface area (Å²) in [5.41, 5.74) is 0. The predicted octanol–water partition coefficient (Wildman–Crippen LogP) is 0.371. The van der Waals surface area contributed by atoms with E-state index < -0.39 is 36.2 Å². The van der Waals surface area contributed by atoms with Gasteiger partial charge in [-0.1, -0.05) is 0 Å². The van der Waals surface area contributed by atoms with E-state index in [1.165, 1.54) is 27.7 Å². The van der Waals surface area contributed by atoms with Crippen molar-refractivity contribution in [1.29, 1.82) is 0 Å². The van der Waals surface area contributed by atoms with Crippen LogP contribution in [0.1, 0.15) is 34.6 Å². The van der Waals surface area contributed by atoms with Crippen LogP contribution in [0.25, 0.3) is 0 Å². The first-order valence-electron chi connectivity index (χ1n) is 5.47. The molecule has 0 fully saturated rings. The van der Waals surface area contributed by atoms with E-state index in [9.17, 15) is 25.2 Å². The van der Waals surface area contributed by atoms with Gasteiger partial charge in [-0.2, -0.15) is 0 Å². The van der Waals surface area contributed by atoms with Crippen molar-refractivity contribution in [2.75, 3.05) is 0 Å². The molecule has 4 N–H and O–H groups in total. The zero-order valence-electron chi connectivity index (χ0n) is 10.9. The van der Waals surface area contributed by atoms with E-state index in [2.05, 4.69) is 0 Å². The van der Waals surface area contributed by atoms with E-state index >= 15 is 0 Å². The monoisotopic (exact) mass is 270 g/mol. The van der Waals surface area contributed by atoms with Gasteiger partial charge in [-0.05, 0) is 0 Å². The summed E-state index contributed by atoms with van der Waals surface area (Å²) in [6.45, 7) is 1.97. The third kappa shape index (κ3) is 2.09. The third-order valence-corrected chi connectivity index (χ3v) is 10.6. The molecule has 4 unspecified atom stereocenters. The Balaban J connectivity index is 6.13. The van der Waals surface area contributed by atoms with Crippen LogP contribution in [0.2, 0.25) is 0 Å². The molecule has 0 heterocycles. The number of aliphatic hydroxyl groups is 4. The maximum absolute atomic E-state index is 11.2. The molecule has 0 aliphatic rings. The van der Waals surface area contributed by atoms with Crippen LogP contribution in [0.3, 0.4) is 0 Å². The standard InChI is InChI=1S/C10H23O6P/c1-6(11)16-17(7(2)12,8(3)13,9(4)14)10(5)15/h7-10,12-15H,1-5H3.